The summed E-state index contributed by atoms with van der Waals surface area (Å²) < 4.78 is 31.9. The normalized spacial score (nSPS) is 11.6. The van der Waals surface area contributed by atoms with Gasteiger partial charge in [0.25, 0.3) is 0 Å². The van der Waals surface area contributed by atoms with Crippen molar-refractivity contribution in [3.63, 3.8) is 0 Å². The molecule has 2 aromatic carbocycles. The van der Waals surface area contributed by atoms with Crippen molar-refractivity contribution < 1.29 is 12.9 Å². The van der Waals surface area contributed by atoms with Crippen LogP contribution in [0.5, 0.6) is 0 Å². The lowest BCUT2D eigenvalue weighted by Crippen LogP contribution is -2.23. The van der Waals surface area contributed by atoms with Gasteiger partial charge in [0.15, 0.2) is 0 Å². The average molecular weight is 384 g/mol. The molecule has 0 aliphatic carbocycles. The zero-order chi connectivity index (χ0) is 17.2. The summed E-state index contributed by atoms with van der Waals surface area (Å²) in [6.45, 7) is -0.145. The number of nitrogens with one attached hydrogen (secondary N) is 1. The SMILES string of the molecule is O=S(=O)(NCc1nc(-c2ccc(Cl)cc2)no1)c1ccccc1Cl. The molecular weight excluding hydrogens is 373 g/mol. The Balaban J connectivity index is 1.74. The maximum Gasteiger partial charge on any atom is 0.242 e. The van der Waals surface area contributed by atoms with Crippen LogP contribution < -0.4 is 4.72 Å². The first kappa shape index (κ1) is 16.9. The van der Waals surface area contributed by atoms with Gasteiger partial charge in [-0.1, -0.05) is 40.5 Å². The summed E-state index contributed by atoms with van der Waals surface area (Å²) in [5.74, 6) is 0.481. The maximum absolute atomic E-state index is 12.2. The predicted octanol–water partition coefficient (Wildman–Crippen LogP) is 3.52. The second-order valence-electron chi connectivity index (χ2n) is 4.77. The summed E-state index contributed by atoms with van der Waals surface area (Å²) in [6, 6.07) is 13.0. The highest BCUT2D eigenvalue weighted by molar-refractivity contribution is 7.89. The van der Waals surface area contributed by atoms with Gasteiger partial charge in [-0.15, -0.1) is 0 Å². The minimum absolute atomic E-state index is 0.0101. The largest absolute Gasteiger partial charge is 0.338 e. The van der Waals surface area contributed by atoms with Gasteiger partial charge in [-0.05, 0) is 36.4 Å². The Kier molecular flexibility index (Phi) is 4.86. The molecule has 6 nitrogen and oxygen atoms in total. The molecule has 0 aliphatic rings. The highest BCUT2D eigenvalue weighted by atomic mass is 35.5. The van der Waals surface area contributed by atoms with Gasteiger partial charge in [-0.25, -0.2) is 13.1 Å². The first-order valence-electron chi connectivity index (χ1n) is 6.78. The molecular formula is C15H11Cl2N3O3S. The minimum Gasteiger partial charge on any atom is -0.338 e. The molecule has 124 valence electrons. The molecule has 0 amide bonds. The van der Waals surface area contributed by atoms with E-state index in [4.69, 9.17) is 27.7 Å². The van der Waals surface area contributed by atoms with E-state index in [2.05, 4.69) is 14.9 Å². The molecule has 0 fully saturated rings. The van der Waals surface area contributed by atoms with Crippen molar-refractivity contribution in [1.82, 2.24) is 14.9 Å². The molecule has 1 heterocycles. The number of hydrogen-bond donors (Lipinski definition) is 1. The van der Waals surface area contributed by atoms with Crippen molar-refractivity contribution in [2.24, 2.45) is 0 Å². The van der Waals surface area contributed by atoms with Crippen LogP contribution >= 0.6 is 23.2 Å². The van der Waals surface area contributed by atoms with Gasteiger partial charge in [0.1, 0.15) is 4.90 Å². The summed E-state index contributed by atoms with van der Waals surface area (Å²) in [4.78, 5) is 4.14. The molecule has 3 rings (SSSR count). The summed E-state index contributed by atoms with van der Waals surface area (Å²) in [7, 11) is -3.78. The molecule has 1 N–H and O–H groups in total. The zero-order valence-electron chi connectivity index (χ0n) is 12.1. The third-order valence-electron chi connectivity index (χ3n) is 3.11. The molecule has 3 aromatic rings. The van der Waals surface area contributed by atoms with E-state index >= 15 is 0 Å². The van der Waals surface area contributed by atoms with Crippen LogP contribution in [0.2, 0.25) is 10.0 Å². The number of nitrogens with zero attached hydrogens (tertiary/aromatic N) is 2. The number of aromatic nitrogens is 2. The first-order valence-corrected chi connectivity index (χ1v) is 9.02. The summed E-state index contributed by atoms with van der Waals surface area (Å²) >= 11 is 11.7. The monoisotopic (exact) mass is 383 g/mol. The summed E-state index contributed by atoms with van der Waals surface area (Å²) in [6.07, 6.45) is 0. The number of hydrogen-bond acceptors (Lipinski definition) is 5. The van der Waals surface area contributed by atoms with Crippen LogP contribution in [-0.4, -0.2) is 18.6 Å². The second-order valence-corrected chi connectivity index (χ2v) is 7.35. The highest BCUT2D eigenvalue weighted by Crippen LogP contribution is 2.21. The third-order valence-corrected chi connectivity index (χ3v) is 5.26. The Morgan fingerprint density at radius 2 is 1.75 bits per heavy atom. The van der Waals surface area contributed by atoms with Crippen molar-refractivity contribution >= 4 is 33.2 Å². The lowest BCUT2D eigenvalue weighted by molar-refractivity contribution is 0.376. The Labute approximate surface area is 148 Å². The number of benzene rings is 2. The van der Waals surface area contributed by atoms with Gasteiger partial charge in [-0.3, -0.25) is 0 Å². The summed E-state index contributed by atoms with van der Waals surface area (Å²) in [5, 5.41) is 4.55. The van der Waals surface area contributed by atoms with E-state index in [-0.39, 0.29) is 22.4 Å². The average Bonchev–Trinajstić information content (AvgIpc) is 3.03. The molecule has 0 radical (unpaired) electrons. The molecule has 0 atom stereocenters. The van der Waals surface area contributed by atoms with E-state index in [9.17, 15) is 8.42 Å². The third kappa shape index (κ3) is 3.76. The number of rotatable bonds is 5. The molecule has 0 saturated carbocycles. The molecule has 0 unspecified atom stereocenters. The Morgan fingerprint density at radius 3 is 2.46 bits per heavy atom. The van der Waals surface area contributed by atoms with Crippen LogP contribution in [0.15, 0.2) is 57.9 Å². The summed E-state index contributed by atoms with van der Waals surface area (Å²) in [5.41, 5.74) is 0.711. The lowest BCUT2D eigenvalue weighted by Gasteiger charge is -2.05. The smallest absolute Gasteiger partial charge is 0.242 e. The Morgan fingerprint density at radius 1 is 1.04 bits per heavy atom. The Hall–Kier alpha value is -1.93. The van der Waals surface area contributed by atoms with Gasteiger partial charge >= 0.3 is 0 Å². The van der Waals surface area contributed by atoms with Crippen molar-refractivity contribution in [3.8, 4) is 11.4 Å². The number of sulfonamides is 1. The minimum atomic E-state index is -3.78. The van der Waals surface area contributed by atoms with Crippen LogP contribution in [0, 0.1) is 0 Å². The molecule has 0 aliphatic heterocycles. The van der Waals surface area contributed by atoms with E-state index in [0.717, 1.165) is 0 Å². The van der Waals surface area contributed by atoms with Crippen molar-refractivity contribution in [3.05, 3.63) is 64.5 Å². The van der Waals surface area contributed by atoms with E-state index in [1.807, 2.05) is 0 Å². The van der Waals surface area contributed by atoms with Crippen LogP contribution in [0.4, 0.5) is 0 Å². The molecule has 1 aromatic heterocycles. The van der Waals surface area contributed by atoms with Gasteiger partial charge in [0, 0.05) is 10.6 Å². The highest BCUT2D eigenvalue weighted by Gasteiger charge is 2.18. The van der Waals surface area contributed by atoms with Crippen molar-refractivity contribution in [1.29, 1.82) is 0 Å². The Bertz CT molecular complexity index is 956. The van der Waals surface area contributed by atoms with Crippen LogP contribution in [0.3, 0.4) is 0 Å². The molecule has 9 heteroatoms. The van der Waals surface area contributed by atoms with E-state index in [1.165, 1.54) is 12.1 Å². The van der Waals surface area contributed by atoms with E-state index in [0.29, 0.717) is 16.4 Å². The van der Waals surface area contributed by atoms with E-state index < -0.39 is 10.0 Å². The standard InChI is InChI=1S/C15H11Cl2N3O3S/c16-11-7-5-10(6-8-11)15-19-14(23-20-15)9-18-24(21,22)13-4-2-1-3-12(13)17/h1-8,18H,9H2. The van der Waals surface area contributed by atoms with Crippen LogP contribution in [0.1, 0.15) is 5.89 Å². The predicted molar refractivity (Wildman–Crippen MR) is 90.2 cm³/mol. The fourth-order valence-electron chi connectivity index (χ4n) is 1.94. The van der Waals surface area contributed by atoms with Gasteiger partial charge in [0.05, 0.1) is 11.6 Å². The molecule has 0 spiro atoms. The molecule has 0 bridgehead atoms. The quantitative estimate of drug-likeness (QED) is 0.728. The van der Waals surface area contributed by atoms with Gasteiger partial charge < -0.3 is 4.52 Å². The zero-order valence-corrected chi connectivity index (χ0v) is 14.4. The second kappa shape index (κ2) is 6.90. The lowest BCUT2D eigenvalue weighted by atomic mass is 10.2. The van der Waals surface area contributed by atoms with Crippen LogP contribution in [0.25, 0.3) is 11.4 Å². The maximum atomic E-state index is 12.2. The van der Waals surface area contributed by atoms with Gasteiger partial charge in [0.2, 0.25) is 21.7 Å². The fraction of sp³-hybridized carbons (Fsp3) is 0.0667. The topological polar surface area (TPSA) is 85.1 Å². The van der Waals surface area contributed by atoms with Gasteiger partial charge in [-0.2, -0.15) is 4.98 Å². The van der Waals surface area contributed by atoms with Crippen molar-refractivity contribution in [2.45, 2.75) is 11.4 Å². The number of halogens is 2. The molecule has 24 heavy (non-hydrogen) atoms. The van der Waals surface area contributed by atoms with E-state index in [1.54, 1.807) is 36.4 Å². The first-order chi connectivity index (χ1) is 11.5. The fourth-order valence-corrected chi connectivity index (χ4v) is 3.56. The molecule has 0 saturated heterocycles. The van der Waals surface area contributed by atoms with Crippen LogP contribution in [-0.2, 0) is 16.6 Å². The van der Waals surface area contributed by atoms with Crippen molar-refractivity contribution in [2.75, 3.05) is 0 Å².